The number of benzene rings is 2. The minimum atomic E-state index is -0.954. The van der Waals surface area contributed by atoms with E-state index in [0.29, 0.717) is 12.1 Å². The Bertz CT molecular complexity index is 1260. The van der Waals surface area contributed by atoms with Crippen molar-refractivity contribution in [1.29, 1.82) is 0 Å². The average Bonchev–Trinajstić information content (AvgIpc) is 3.23. The van der Waals surface area contributed by atoms with Crippen LogP contribution in [0, 0.1) is 0 Å². The first-order valence-corrected chi connectivity index (χ1v) is 11.8. The maximum absolute atomic E-state index is 11.2. The molecule has 34 heavy (non-hydrogen) atoms. The zero-order valence-corrected chi connectivity index (χ0v) is 19.8. The number of likely N-dealkylation sites (tertiary alicyclic amines) is 1. The van der Waals surface area contributed by atoms with E-state index in [1.54, 1.807) is 12.1 Å². The molecular formula is C26H30N4O4. The van der Waals surface area contributed by atoms with Gasteiger partial charge in [-0.15, -0.1) is 5.10 Å². The first-order valence-electron chi connectivity index (χ1n) is 11.8. The van der Waals surface area contributed by atoms with Crippen LogP contribution in [-0.4, -0.2) is 56.3 Å². The lowest BCUT2D eigenvalue weighted by Gasteiger charge is -2.33. The van der Waals surface area contributed by atoms with E-state index in [0.717, 1.165) is 55.1 Å². The second-order valence-corrected chi connectivity index (χ2v) is 9.53. The summed E-state index contributed by atoms with van der Waals surface area (Å²) >= 11 is 0. The van der Waals surface area contributed by atoms with Gasteiger partial charge in [0, 0.05) is 25.2 Å². The Balaban J connectivity index is 1.28. The summed E-state index contributed by atoms with van der Waals surface area (Å²) in [5.74, 6) is 0.670. The fourth-order valence-electron chi connectivity index (χ4n) is 4.78. The van der Waals surface area contributed by atoms with Gasteiger partial charge in [0.1, 0.15) is 11.1 Å². The normalized spacial score (nSPS) is 18.0. The lowest BCUT2D eigenvalue weighted by molar-refractivity contribution is 0.0697. The average molecular weight is 463 g/mol. The molecule has 1 fully saturated rings. The van der Waals surface area contributed by atoms with Crippen molar-refractivity contribution >= 4 is 23.1 Å². The van der Waals surface area contributed by atoms with Crippen LogP contribution in [0.5, 0.6) is 11.5 Å². The highest BCUT2D eigenvalue weighted by atomic mass is 16.5. The number of carboxylic acids is 1. The zero-order valence-electron chi connectivity index (χ0n) is 19.8. The number of hydrogen-bond acceptors (Lipinski definition) is 6. The number of aromatic nitrogens is 3. The molecule has 0 bridgehead atoms. The Labute approximate surface area is 198 Å². The van der Waals surface area contributed by atoms with Crippen LogP contribution in [0.3, 0.4) is 0 Å². The SMILES string of the molecule is CCOc1cc(CN2CCC(n3nnc4cc(C(=O)O)ccc43)CC2)cc2c1OC(C)(C)C=C2. The molecule has 1 aromatic heterocycles. The van der Waals surface area contributed by atoms with Gasteiger partial charge in [0.25, 0.3) is 0 Å². The molecule has 178 valence electrons. The summed E-state index contributed by atoms with van der Waals surface area (Å²) < 4.78 is 14.1. The van der Waals surface area contributed by atoms with Crippen LogP contribution >= 0.6 is 0 Å². The Morgan fingerprint density at radius 3 is 2.76 bits per heavy atom. The second-order valence-electron chi connectivity index (χ2n) is 9.53. The van der Waals surface area contributed by atoms with Gasteiger partial charge in [-0.2, -0.15) is 0 Å². The van der Waals surface area contributed by atoms with E-state index in [1.807, 2.05) is 31.5 Å². The molecule has 1 saturated heterocycles. The van der Waals surface area contributed by atoms with Crippen molar-refractivity contribution < 1.29 is 19.4 Å². The predicted molar refractivity (Wildman–Crippen MR) is 129 cm³/mol. The monoisotopic (exact) mass is 462 g/mol. The molecule has 0 saturated carbocycles. The van der Waals surface area contributed by atoms with Crippen LogP contribution in [0.25, 0.3) is 17.1 Å². The largest absolute Gasteiger partial charge is 0.490 e. The number of ether oxygens (including phenoxy) is 2. The summed E-state index contributed by atoms with van der Waals surface area (Å²) in [6, 6.07) is 9.56. The molecule has 0 unspecified atom stereocenters. The molecule has 2 aliphatic rings. The van der Waals surface area contributed by atoms with Gasteiger partial charge >= 0.3 is 5.97 Å². The highest BCUT2D eigenvalue weighted by Gasteiger charge is 2.27. The van der Waals surface area contributed by atoms with Crippen molar-refractivity contribution in [1.82, 2.24) is 19.9 Å². The molecule has 3 heterocycles. The molecule has 3 aromatic rings. The first-order chi connectivity index (χ1) is 16.3. The summed E-state index contributed by atoms with van der Waals surface area (Å²) in [6.07, 6.45) is 6.13. The van der Waals surface area contributed by atoms with Gasteiger partial charge in [-0.05, 0) is 75.6 Å². The van der Waals surface area contributed by atoms with Crippen LogP contribution in [-0.2, 0) is 6.54 Å². The molecule has 2 aromatic carbocycles. The van der Waals surface area contributed by atoms with Crippen molar-refractivity contribution in [2.24, 2.45) is 0 Å². The van der Waals surface area contributed by atoms with Gasteiger partial charge in [0.2, 0.25) is 0 Å². The summed E-state index contributed by atoms with van der Waals surface area (Å²) in [5.41, 5.74) is 3.66. The van der Waals surface area contributed by atoms with Gasteiger partial charge in [-0.3, -0.25) is 4.90 Å². The van der Waals surface area contributed by atoms with E-state index in [1.165, 1.54) is 5.56 Å². The predicted octanol–water partition coefficient (Wildman–Crippen LogP) is 4.55. The summed E-state index contributed by atoms with van der Waals surface area (Å²) in [6.45, 7) is 9.41. The number of rotatable bonds is 6. The lowest BCUT2D eigenvalue weighted by Crippen LogP contribution is -2.34. The molecule has 0 spiro atoms. The van der Waals surface area contributed by atoms with Crippen molar-refractivity contribution in [3.8, 4) is 11.5 Å². The summed E-state index contributed by atoms with van der Waals surface area (Å²) in [4.78, 5) is 13.7. The smallest absolute Gasteiger partial charge is 0.335 e. The zero-order chi connectivity index (χ0) is 23.9. The molecule has 0 amide bonds. The molecule has 8 heteroatoms. The van der Waals surface area contributed by atoms with E-state index in [9.17, 15) is 9.90 Å². The number of fused-ring (bicyclic) bond motifs is 2. The molecule has 0 atom stereocenters. The third-order valence-electron chi connectivity index (χ3n) is 6.50. The van der Waals surface area contributed by atoms with E-state index in [-0.39, 0.29) is 17.2 Å². The standard InChI is InChI=1S/C26H30N4O4/c1-4-33-23-14-17(13-18-7-10-26(2,3)34-24(18)23)16-29-11-8-20(9-12-29)30-22-6-5-19(25(31)32)15-21(22)27-28-30/h5-7,10,13-15,20H,4,8-9,11-12,16H2,1-3H3,(H,31,32). The third kappa shape index (κ3) is 4.37. The van der Waals surface area contributed by atoms with Gasteiger partial charge in [-0.1, -0.05) is 11.3 Å². The highest BCUT2D eigenvalue weighted by molar-refractivity contribution is 5.92. The molecule has 1 N–H and O–H groups in total. The van der Waals surface area contributed by atoms with Gasteiger partial charge < -0.3 is 14.6 Å². The van der Waals surface area contributed by atoms with E-state index in [2.05, 4.69) is 39.5 Å². The maximum Gasteiger partial charge on any atom is 0.335 e. The molecule has 0 radical (unpaired) electrons. The third-order valence-corrected chi connectivity index (χ3v) is 6.50. The topological polar surface area (TPSA) is 89.7 Å². The number of carboxylic acid groups (broad SMARTS) is 1. The molecule has 0 aliphatic carbocycles. The molecular weight excluding hydrogens is 432 g/mol. The van der Waals surface area contributed by atoms with Gasteiger partial charge in [-0.25, -0.2) is 9.48 Å². The maximum atomic E-state index is 11.2. The van der Waals surface area contributed by atoms with Crippen LogP contribution in [0.1, 0.15) is 61.1 Å². The molecule has 2 aliphatic heterocycles. The quantitative estimate of drug-likeness (QED) is 0.575. The Kier molecular flexibility index (Phi) is 5.77. The Morgan fingerprint density at radius 1 is 1.24 bits per heavy atom. The summed E-state index contributed by atoms with van der Waals surface area (Å²) in [7, 11) is 0. The van der Waals surface area contributed by atoms with Crippen LogP contribution in [0.2, 0.25) is 0 Å². The van der Waals surface area contributed by atoms with Crippen molar-refractivity contribution in [3.63, 3.8) is 0 Å². The Morgan fingerprint density at radius 2 is 2.03 bits per heavy atom. The number of aromatic carboxylic acids is 1. The number of nitrogens with zero attached hydrogens (tertiary/aromatic N) is 4. The van der Waals surface area contributed by atoms with E-state index in [4.69, 9.17) is 9.47 Å². The minimum absolute atomic E-state index is 0.231. The molecule has 8 nitrogen and oxygen atoms in total. The van der Waals surface area contributed by atoms with Crippen molar-refractivity contribution in [2.75, 3.05) is 19.7 Å². The first kappa shape index (κ1) is 22.4. The van der Waals surface area contributed by atoms with E-state index < -0.39 is 5.97 Å². The van der Waals surface area contributed by atoms with E-state index >= 15 is 0 Å². The number of hydrogen-bond donors (Lipinski definition) is 1. The fraction of sp³-hybridized carbons (Fsp3) is 0.423. The lowest BCUT2D eigenvalue weighted by atomic mass is 9.99. The number of carbonyl (C=O) groups is 1. The Hall–Kier alpha value is -3.39. The van der Waals surface area contributed by atoms with Gasteiger partial charge in [0.05, 0.1) is 23.7 Å². The fourth-order valence-corrected chi connectivity index (χ4v) is 4.78. The summed E-state index contributed by atoms with van der Waals surface area (Å²) in [5, 5.41) is 17.7. The van der Waals surface area contributed by atoms with Crippen LogP contribution in [0.15, 0.2) is 36.4 Å². The number of piperidine rings is 1. The highest BCUT2D eigenvalue weighted by Crippen LogP contribution is 2.40. The second kappa shape index (κ2) is 8.76. The van der Waals surface area contributed by atoms with Crippen molar-refractivity contribution in [2.45, 2.75) is 51.8 Å². The van der Waals surface area contributed by atoms with Gasteiger partial charge in [0.15, 0.2) is 11.5 Å². The minimum Gasteiger partial charge on any atom is -0.490 e. The van der Waals surface area contributed by atoms with Crippen LogP contribution in [0.4, 0.5) is 0 Å². The van der Waals surface area contributed by atoms with Crippen LogP contribution < -0.4 is 9.47 Å². The molecule has 5 rings (SSSR count). The van der Waals surface area contributed by atoms with Crippen molar-refractivity contribution in [3.05, 3.63) is 53.1 Å².